The Morgan fingerprint density at radius 1 is 0.750 bits per heavy atom. The fourth-order valence-corrected chi connectivity index (χ4v) is 6.09. The van der Waals surface area contributed by atoms with E-state index in [1.54, 1.807) is 14.2 Å². The minimum absolute atomic E-state index is 0.0975. The average Bonchev–Trinajstić information content (AvgIpc) is 2.94. The first-order valence-electron chi connectivity index (χ1n) is 11.6. The van der Waals surface area contributed by atoms with Crippen LogP contribution in [0.15, 0.2) is 112 Å². The van der Waals surface area contributed by atoms with Crippen LogP contribution < -0.4 is 9.47 Å². The summed E-state index contributed by atoms with van der Waals surface area (Å²) in [6.45, 7) is 2.01. The molecule has 0 heterocycles. The van der Waals surface area contributed by atoms with E-state index in [4.69, 9.17) is 9.47 Å². The van der Waals surface area contributed by atoms with Crippen molar-refractivity contribution in [2.24, 2.45) is 0 Å². The number of ether oxygens (including phenoxy) is 2. The van der Waals surface area contributed by atoms with Gasteiger partial charge in [-0.3, -0.25) is 0 Å². The van der Waals surface area contributed by atoms with Gasteiger partial charge in [-0.2, -0.15) is 13.2 Å². The quantitative estimate of drug-likeness (QED) is 0.188. The molecule has 0 aliphatic carbocycles. The van der Waals surface area contributed by atoms with E-state index in [-0.39, 0.29) is 5.12 Å². The molecular formula is C29H25F3O6S2. The smallest absolute Gasteiger partial charge is 0.417 e. The maximum Gasteiger partial charge on any atom is 0.417 e. The van der Waals surface area contributed by atoms with Crippen LogP contribution in [0.3, 0.4) is 0 Å². The number of carbonyl (C=O) groups excluding carboxylic acids is 1. The summed E-state index contributed by atoms with van der Waals surface area (Å²) >= 11 is 0. The number of aryl methyl sites for hydroxylation is 1. The Balaban J connectivity index is 0.000000267. The standard InChI is InChI=1S/C22H21O3S.C7H5F3O3S/c1-16-4-6-17(7-5-16)22(23)26(20-12-8-18(24-2)9-13-20)21-14-10-19(25-3)11-15-21;8-7(9,10)5-3-1-2-4-6(5)14(11,12)13/h4-15H,1-3H3;1-4H,(H,11,12,13)/q+1;/p-1. The van der Waals surface area contributed by atoms with E-state index < -0.39 is 37.6 Å². The molecule has 0 N–H and O–H groups in total. The van der Waals surface area contributed by atoms with Crippen LogP contribution in [0.25, 0.3) is 0 Å². The van der Waals surface area contributed by atoms with E-state index in [1.807, 2.05) is 79.7 Å². The fourth-order valence-electron chi connectivity index (χ4n) is 3.50. The summed E-state index contributed by atoms with van der Waals surface area (Å²) in [5.74, 6) is 1.55. The molecule has 0 saturated heterocycles. The first-order valence-corrected chi connectivity index (χ1v) is 14.2. The van der Waals surface area contributed by atoms with Crippen molar-refractivity contribution in [1.82, 2.24) is 0 Å². The lowest BCUT2D eigenvalue weighted by Gasteiger charge is -2.14. The molecule has 0 bridgehead atoms. The molecule has 0 aliphatic heterocycles. The van der Waals surface area contributed by atoms with Gasteiger partial charge in [0.15, 0.2) is 9.79 Å². The van der Waals surface area contributed by atoms with E-state index in [0.29, 0.717) is 17.7 Å². The second-order valence-corrected chi connectivity index (χ2v) is 11.5. The van der Waals surface area contributed by atoms with Crippen LogP contribution in [0.1, 0.15) is 21.5 Å². The summed E-state index contributed by atoms with van der Waals surface area (Å²) in [6.07, 6.45) is -4.84. The van der Waals surface area contributed by atoms with Crippen molar-refractivity contribution in [1.29, 1.82) is 0 Å². The van der Waals surface area contributed by atoms with Gasteiger partial charge >= 0.3 is 11.3 Å². The number of methoxy groups -OCH3 is 2. The van der Waals surface area contributed by atoms with Crippen molar-refractivity contribution in [3.8, 4) is 11.5 Å². The number of hydrogen-bond acceptors (Lipinski definition) is 6. The van der Waals surface area contributed by atoms with Gasteiger partial charge in [0.05, 0.1) is 30.2 Å². The Hall–Kier alpha value is -3.80. The third kappa shape index (κ3) is 7.87. The summed E-state index contributed by atoms with van der Waals surface area (Å²) < 4.78 is 78.4. The van der Waals surface area contributed by atoms with Crippen LogP contribution in [-0.2, 0) is 27.2 Å². The third-order valence-electron chi connectivity index (χ3n) is 5.52. The van der Waals surface area contributed by atoms with Crippen LogP contribution >= 0.6 is 0 Å². The fraction of sp³-hybridized carbons (Fsp3) is 0.138. The number of alkyl halides is 3. The first kappa shape index (κ1) is 30.7. The van der Waals surface area contributed by atoms with E-state index in [2.05, 4.69) is 0 Å². The second kappa shape index (κ2) is 13.0. The molecule has 40 heavy (non-hydrogen) atoms. The molecule has 0 radical (unpaired) electrons. The number of carbonyl (C=O) groups is 1. The van der Waals surface area contributed by atoms with Gasteiger partial charge in [-0.05, 0) is 79.7 Å². The summed E-state index contributed by atoms with van der Waals surface area (Å²) in [7, 11) is -2.54. The predicted octanol–water partition coefficient (Wildman–Crippen LogP) is 6.50. The summed E-state index contributed by atoms with van der Waals surface area (Å²) in [5, 5.41) is 0.0975. The molecule has 0 amide bonds. The van der Waals surface area contributed by atoms with E-state index >= 15 is 0 Å². The Morgan fingerprint density at radius 2 is 1.20 bits per heavy atom. The largest absolute Gasteiger partial charge is 0.744 e. The molecule has 0 unspecified atom stereocenters. The molecule has 4 aromatic rings. The summed E-state index contributed by atoms with van der Waals surface area (Å²) in [4.78, 5) is 14.0. The number of benzene rings is 4. The molecule has 4 rings (SSSR count). The van der Waals surface area contributed by atoms with Gasteiger partial charge < -0.3 is 14.0 Å². The van der Waals surface area contributed by atoms with Gasteiger partial charge in [0.1, 0.15) is 32.5 Å². The van der Waals surface area contributed by atoms with Crippen LogP contribution in [-0.4, -0.2) is 32.3 Å². The Kier molecular flexibility index (Phi) is 10.0. The van der Waals surface area contributed by atoms with Crippen molar-refractivity contribution in [3.05, 3.63) is 114 Å². The molecule has 4 aromatic carbocycles. The Bertz CT molecular complexity index is 1490. The molecule has 210 valence electrons. The molecule has 6 nitrogen and oxygen atoms in total. The molecule has 0 saturated carbocycles. The number of rotatable bonds is 6. The third-order valence-corrected chi connectivity index (χ3v) is 8.51. The highest BCUT2D eigenvalue weighted by molar-refractivity contribution is 8.11. The van der Waals surface area contributed by atoms with Crippen molar-refractivity contribution in [2.45, 2.75) is 27.8 Å². The number of halogens is 3. The normalized spacial score (nSPS) is 11.4. The van der Waals surface area contributed by atoms with Gasteiger partial charge in [0.2, 0.25) is 0 Å². The number of hydrogen-bond donors (Lipinski definition) is 0. The SMILES string of the molecule is COc1ccc([S+](C(=O)c2ccc(C)cc2)c2ccc(OC)cc2)cc1.O=S(=O)([O-])c1ccccc1C(F)(F)F. The van der Waals surface area contributed by atoms with Crippen LogP contribution in [0, 0.1) is 6.92 Å². The average molecular weight is 591 g/mol. The van der Waals surface area contributed by atoms with Gasteiger partial charge in [0.25, 0.3) is 0 Å². The highest BCUT2D eigenvalue weighted by Gasteiger charge is 2.36. The predicted molar refractivity (Wildman–Crippen MR) is 145 cm³/mol. The summed E-state index contributed by atoms with van der Waals surface area (Å²) in [6, 6.07) is 26.4. The second-order valence-electron chi connectivity index (χ2n) is 8.26. The molecular weight excluding hydrogens is 565 g/mol. The lowest BCUT2D eigenvalue weighted by atomic mass is 10.2. The molecule has 0 aliphatic rings. The van der Waals surface area contributed by atoms with E-state index in [0.717, 1.165) is 39.0 Å². The lowest BCUT2D eigenvalue weighted by Crippen LogP contribution is -2.16. The minimum Gasteiger partial charge on any atom is -0.744 e. The highest BCUT2D eigenvalue weighted by atomic mass is 32.2. The van der Waals surface area contributed by atoms with Crippen LogP contribution in [0.2, 0.25) is 0 Å². The molecule has 0 atom stereocenters. The van der Waals surface area contributed by atoms with Gasteiger partial charge in [0, 0.05) is 0 Å². The van der Waals surface area contributed by atoms with Crippen LogP contribution in [0.4, 0.5) is 13.2 Å². The molecule has 0 aromatic heterocycles. The van der Waals surface area contributed by atoms with Gasteiger partial charge in [-0.25, -0.2) is 13.2 Å². The maximum atomic E-state index is 13.3. The van der Waals surface area contributed by atoms with Crippen molar-refractivity contribution < 1.29 is 40.4 Å². The molecule has 11 heteroatoms. The van der Waals surface area contributed by atoms with Gasteiger partial charge in [-0.1, -0.05) is 29.8 Å². The zero-order valence-electron chi connectivity index (χ0n) is 21.6. The Morgan fingerprint density at radius 3 is 1.57 bits per heavy atom. The lowest BCUT2D eigenvalue weighted by molar-refractivity contribution is -0.140. The maximum absolute atomic E-state index is 13.3. The van der Waals surface area contributed by atoms with Crippen molar-refractivity contribution >= 4 is 26.1 Å². The summed E-state index contributed by atoms with van der Waals surface area (Å²) in [5.41, 5.74) is 0.413. The Labute approximate surface area is 233 Å². The minimum atomic E-state index is -5.09. The zero-order chi connectivity index (χ0) is 29.5. The zero-order valence-corrected chi connectivity index (χ0v) is 23.3. The molecule has 0 fully saturated rings. The van der Waals surface area contributed by atoms with E-state index in [9.17, 15) is 30.9 Å². The highest BCUT2D eigenvalue weighted by Crippen LogP contribution is 2.34. The first-order chi connectivity index (χ1) is 18.8. The van der Waals surface area contributed by atoms with Crippen molar-refractivity contribution in [3.63, 3.8) is 0 Å². The van der Waals surface area contributed by atoms with Gasteiger partial charge in [-0.15, -0.1) is 0 Å². The molecule has 0 spiro atoms. The van der Waals surface area contributed by atoms with Crippen LogP contribution in [0.5, 0.6) is 11.5 Å². The van der Waals surface area contributed by atoms with E-state index in [1.165, 1.54) is 0 Å². The van der Waals surface area contributed by atoms with Crippen molar-refractivity contribution in [2.75, 3.05) is 14.2 Å². The topological polar surface area (TPSA) is 92.7 Å². The monoisotopic (exact) mass is 590 g/mol.